The molecule has 1 rings (SSSR count). The van der Waals surface area contributed by atoms with Crippen molar-refractivity contribution in [2.75, 3.05) is 33.7 Å². The fourth-order valence-electron chi connectivity index (χ4n) is 2.94. The van der Waals surface area contributed by atoms with Crippen LogP contribution in [-0.2, 0) is 0 Å². The molecule has 20 heavy (non-hydrogen) atoms. The van der Waals surface area contributed by atoms with E-state index in [1.165, 1.54) is 0 Å². The number of likely N-dealkylation sites (tertiary alicyclic amines) is 1. The Hall–Kier alpha value is -0.810. The summed E-state index contributed by atoms with van der Waals surface area (Å²) in [5, 5.41) is 6.18. The summed E-state index contributed by atoms with van der Waals surface area (Å²) in [6.45, 7) is 11.4. The van der Waals surface area contributed by atoms with Crippen LogP contribution in [0.5, 0.6) is 0 Å². The normalized spacial score (nSPS) is 19.6. The summed E-state index contributed by atoms with van der Waals surface area (Å²) >= 11 is 0. The summed E-state index contributed by atoms with van der Waals surface area (Å²) < 4.78 is 0. The lowest BCUT2D eigenvalue weighted by molar-refractivity contribution is 0.0956. The Bertz CT molecular complexity index is 307. The molecule has 118 valence electrons. The maximum Gasteiger partial charge on any atom is 0.315 e. The maximum atomic E-state index is 12.1. The molecule has 5 nitrogen and oxygen atoms in total. The van der Waals surface area contributed by atoms with Crippen LogP contribution in [0.15, 0.2) is 0 Å². The van der Waals surface area contributed by atoms with Crippen LogP contribution in [0.1, 0.15) is 40.5 Å². The molecular formula is C15H32N4O. The number of hydrogen-bond acceptors (Lipinski definition) is 3. The van der Waals surface area contributed by atoms with Crippen LogP contribution in [0.25, 0.3) is 0 Å². The van der Waals surface area contributed by atoms with Crippen molar-refractivity contribution in [3.63, 3.8) is 0 Å². The molecular weight excluding hydrogens is 252 g/mol. The van der Waals surface area contributed by atoms with E-state index in [0.29, 0.717) is 6.04 Å². The zero-order valence-corrected chi connectivity index (χ0v) is 14.0. The van der Waals surface area contributed by atoms with Gasteiger partial charge in [0.25, 0.3) is 0 Å². The van der Waals surface area contributed by atoms with Gasteiger partial charge in [0.1, 0.15) is 0 Å². The quantitative estimate of drug-likeness (QED) is 0.804. The largest absolute Gasteiger partial charge is 0.336 e. The fourth-order valence-corrected chi connectivity index (χ4v) is 2.94. The molecule has 0 atom stereocenters. The molecule has 0 radical (unpaired) electrons. The molecule has 1 saturated heterocycles. The molecule has 0 spiro atoms. The van der Waals surface area contributed by atoms with E-state index in [2.05, 4.69) is 48.4 Å². The third-order valence-corrected chi connectivity index (χ3v) is 3.90. The Morgan fingerprint density at radius 3 is 2.15 bits per heavy atom. The summed E-state index contributed by atoms with van der Waals surface area (Å²) in [5.74, 6) is 0. The molecule has 0 bridgehead atoms. The topological polar surface area (TPSA) is 47.6 Å². The fraction of sp³-hybridized carbons (Fsp3) is 0.933. The lowest BCUT2D eigenvalue weighted by Gasteiger charge is -2.45. The molecule has 0 aliphatic carbocycles. The van der Waals surface area contributed by atoms with Crippen molar-refractivity contribution >= 4 is 6.03 Å². The molecule has 0 saturated carbocycles. The van der Waals surface area contributed by atoms with Gasteiger partial charge in [0.2, 0.25) is 0 Å². The van der Waals surface area contributed by atoms with E-state index in [0.717, 1.165) is 32.5 Å². The molecule has 0 unspecified atom stereocenters. The van der Waals surface area contributed by atoms with E-state index in [1.807, 2.05) is 13.8 Å². The predicted octanol–water partition coefficient (Wildman–Crippen LogP) is 1.50. The van der Waals surface area contributed by atoms with Gasteiger partial charge in [-0.2, -0.15) is 0 Å². The second-order valence-corrected chi connectivity index (χ2v) is 6.90. The van der Waals surface area contributed by atoms with Gasteiger partial charge in [0.15, 0.2) is 0 Å². The smallest absolute Gasteiger partial charge is 0.315 e. The van der Waals surface area contributed by atoms with Crippen molar-refractivity contribution in [2.24, 2.45) is 0 Å². The number of nitrogens with one attached hydrogen (secondary N) is 2. The molecule has 0 aromatic carbocycles. The van der Waals surface area contributed by atoms with Gasteiger partial charge in [-0.05, 0) is 54.6 Å². The first-order chi connectivity index (χ1) is 9.24. The monoisotopic (exact) mass is 284 g/mol. The number of hydrogen-bond donors (Lipinski definition) is 2. The summed E-state index contributed by atoms with van der Waals surface area (Å²) in [6, 6.07) is 0.707. The Balaban J connectivity index is 2.67. The first-order valence-corrected chi connectivity index (χ1v) is 7.71. The number of rotatable bonds is 5. The van der Waals surface area contributed by atoms with Gasteiger partial charge in [0, 0.05) is 31.7 Å². The van der Waals surface area contributed by atoms with Crippen LogP contribution >= 0.6 is 0 Å². The highest BCUT2D eigenvalue weighted by Gasteiger charge is 2.37. The van der Waals surface area contributed by atoms with Crippen molar-refractivity contribution in [3.8, 4) is 0 Å². The first-order valence-electron chi connectivity index (χ1n) is 7.71. The minimum absolute atomic E-state index is 0.0418. The highest BCUT2D eigenvalue weighted by atomic mass is 16.2. The minimum Gasteiger partial charge on any atom is -0.336 e. The SMILES string of the molecule is CC(C)NC(=O)NC1(CN(C)C)CCN(C(C)C)CC1. The van der Waals surface area contributed by atoms with Crippen LogP contribution in [0, 0.1) is 0 Å². The van der Waals surface area contributed by atoms with Crippen LogP contribution in [0.4, 0.5) is 4.79 Å². The number of urea groups is 1. The van der Waals surface area contributed by atoms with E-state index in [9.17, 15) is 4.79 Å². The molecule has 1 aliphatic rings. The lowest BCUT2D eigenvalue weighted by atomic mass is 9.86. The summed E-state index contributed by atoms with van der Waals surface area (Å²) in [7, 11) is 4.14. The number of likely N-dealkylation sites (N-methyl/N-ethyl adjacent to an activating group) is 1. The van der Waals surface area contributed by atoms with Gasteiger partial charge in [-0.25, -0.2) is 4.79 Å². The van der Waals surface area contributed by atoms with Crippen LogP contribution in [0.2, 0.25) is 0 Å². The van der Waals surface area contributed by atoms with Gasteiger partial charge in [0.05, 0.1) is 5.54 Å². The van der Waals surface area contributed by atoms with E-state index in [1.54, 1.807) is 0 Å². The Labute approximate surface area is 124 Å². The second-order valence-electron chi connectivity index (χ2n) is 6.90. The van der Waals surface area contributed by atoms with Crippen LogP contribution in [0.3, 0.4) is 0 Å². The Morgan fingerprint density at radius 1 is 1.20 bits per heavy atom. The predicted molar refractivity (Wildman–Crippen MR) is 84.0 cm³/mol. The highest BCUT2D eigenvalue weighted by molar-refractivity contribution is 5.75. The Morgan fingerprint density at radius 2 is 1.75 bits per heavy atom. The average Bonchev–Trinajstić information content (AvgIpc) is 2.26. The number of nitrogens with zero attached hydrogens (tertiary/aromatic N) is 2. The number of amides is 2. The lowest BCUT2D eigenvalue weighted by Crippen LogP contribution is -2.62. The van der Waals surface area contributed by atoms with E-state index in [4.69, 9.17) is 0 Å². The van der Waals surface area contributed by atoms with Crippen molar-refractivity contribution in [1.82, 2.24) is 20.4 Å². The van der Waals surface area contributed by atoms with Crippen molar-refractivity contribution in [1.29, 1.82) is 0 Å². The molecule has 1 fully saturated rings. The number of piperidine rings is 1. The maximum absolute atomic E-state index is 12.1. The summed E-state index contributed by atoms with van der Waals surface area (Å²) in [5.41, 5.74) is -0.103. The van der Waals surface area contributed by atoms with E-state index >= 15 is 0 Å². The molecule has 1 aliphatic heterocycles. The number of carbonyl (C=O) groups excluding carboxylic acids is 1. The Kier molecular flexibility index (Phi) is 6.27. The van der Waals surface area contributed by atoms with Crippen molar-refractivity contribution in [2.45, 2.75) is 58.2 Å². The van der Waals surface area contributed by atoms with Gasteiger partial charge in [-0.15, -0.1) is 0 Å². The van der Waals surface area contributed by atoms with Crippen LogP contribution in [-0.4, -0.2) is 67.2 Å². The molecule has 0 aromatic rings. The van der Waals surface area contributed by atoms with E-state index < -0.39 is 0 Å². The minimum atomic E-state index is -0.103. The standard InChI is InChI=1S/C15H32N4O/c1-12(2)16-14(20)17-15(11-18(5)6)7-9-19(10-8-15)13(3)4/h12-13H,7-11H2,1-6H3,(H2,16,17,20). The van der Waals surface area contributed by atoms with Gasteiger partial charge < -0.3 is 20.4 Å². The second kappa shape index (κ2) is 7.27. The van der Waals surface area contributed by atoms with Crippen molar-refractivity contribution < 1.29 is 4.79 Å². The molecule has 2 N–H and O–H groups in total. The molecule has 5 heteroatoms. The number of carbonyl (C=O) groups is 1. The van der Waals surface area contributed by atoms with Crippen LogP contribution < -0.4 is 10.6 Å². The first kappa shape index (κ1) is 17.2. The molecule has 1 heterocycles. The zero-order chi connectivity index (χ0) is 15.3. The van der Waals surface area contributed by atoms with E-state index in [-0.39, 0.29) is 17.6 Å². The summed E-state index contributed by atoms with van der Waals surface area (Å²) in [6.07, 6.45) is 2.02. The van der Waals surface area contributed by atoms with Gasteiger partial charge in [-0.3, -0.25) is 0 Å². The third kappa shape index (κ3) is 5.29. The third-order valence-electron chi connectivity index (χ3n) is 3.90. The van der Waals surface area contributed by atoms with Crippen molar-refractivity contribution in [3.05, 3.63) is 0 Å². The zero-order valence-electron chi connectivity index (χ0n) is 14.0. The molecule has 2 amide bonds. The summed E-state index contributed by atoms with van der Waals surface area (Å²) in [4.78, 5) is 16.7. The van der Waals surface area contributed by atoms with Gasteiger partial charge in [-0.1, -0.05) is 0 Å². The average molecular weight is 284 g/mol. The highest BCUT2D eigenvalue weighted by Crippen LogP contribution is 2.24. The molecule has 0 aromatic heterocycles. The van der Waals surface area contributed by atoms with Gasteiger partial charge >= 0.3 is 6.03 Å².